The maximum atomic E-state index is 3.94. The number of nitrogens with one attached hydrogen (secondary N) is 1. The predicted molar refractivity (Wildman–Crippen MR) is 81.5 cm³/mol. The van der Waals surface area contributed by atoms with Crippen LogP contribution in [-0.4, -0.2) is 12.1 Å². The summed E-state index contributed by atoms with van der Waals surface area (Å²) in [6, 6.07) is 7.05. The number of hydrogen-bond donors (Lipinski definition) is 1. The van der Waals surface area contributed by atoms with Gasteiger partial charge in [0.1, 0.15) is 0 Å². The molecule has 1 heteroatoms. The molecule has 0 radical (unpaired) electrons. The van der Waals surface area contributed by atoms with Gasteiger partial charge in [-0.3, -0.25) is 0 Å². The maximum absolute atomic E-state index is 3.94. The van der Waals surface area contributed by atoms with Gasteiger partial charge in [-0.05, 0) is 75.1 Å². The summed E-state index contributed by atoms with van der Waals surface area (Å²) < 4.78 is 0. The van der Waals surface area contributed by atoms with E-state index in [9.17, 15) is 0 Å². The molecule has 1 unspecified atom stereocenters. The topological polar surface area (TPSA) is 12.0 Å². The van der Waals surface area contributed by atoms with Crippen molar-refractivity contribution >= 4 is 0 Å². The number of aryl methyl sites for hydroxylation is 2. The molecular formula is C18H27N. The van der Waals surface area contributed by atoms with Gasteiger partial charge < -0.3 is 5.32 Å². The first-order valence-corrected chi connectivity index (χ1v) is 8.01. The zero-order chi connectivity index (χ0) is 13.3. The Kier molecular flexibility index (Phi) is 3.66. The second-order valence-corrected chi connectivity index (χ2v) is 6.76. The van der Waals surface area contributed by atoms with Gasteiger partial charge in [-0.25, -0.2) is 0 Å². The lowest BCUT2D eigenvalue weighted by molar-refractivity contribution is 0.271. The first-order chi connectivity index (χ1) is 9.20. The highest BCUT2D eigenvalue weighted by Gasteiger charge is 2.44. The Morgan fingerprint density at radius 3 is 2.68 bits per heavy atom. The minimum Gasteiger partial charge on any atom is -0.311 e. The van der Waals surface area contributed by atoms with Crippen molar-refractivity contribution in [3.8, 4) is 0 Å². The molecule has 1 saturated heterocycles. The van der Waals surface area contributed by atoms with Crippen LogP contribution in [-0.2, 0) is 6.42 Å². The molecule has 1 N–H and O–H groups in total. The molecule has 1 saturated carbocycles. The van der Waals surface area contributed by atoms with E-state index in [0.717, 1.165) is 5.92 Å². The minimum absolute atomic E-state index is 0.415. The highest BCUT2D eigenvalue weighted by atomic mass is 15.0. The highest BCUT2D eigenvalue weighted by molar-refractivity contribution is 5.31. The largest absolute Gasteiger partial charge is 0.311 e. The number of hydrogen-bond acceptors (Lipinski definition) is 1. The van der Waals surface area contributed by atoms with Crippen molar-refractivity contribution in [2.75, 3.05) is 6.54 Å². The Labute approximate surface area is 117 Å². The van der Waals surface area contributed by atoms with E-state index >= 15 is 0 Å². The van der Waals surface area contributed by atoms with Crippen LogP contribution in [0.2, 0.25) is 0 Å². The summed E-state index contributed by atoms with van der Waals surface area (Å²) in [5.41, 5.74) is 4.80. The molecule has 1 nitrogen and oxygen atoms in total. The molecule has 1 aliphatic carbocycles. The Balaban J connectivity index is 1.82. The zero-order valence-corrected chi connectivity index (χ0v) is 12.5. The van der Waals surface area contributed by atoms with Crippen LogP contribution in [0.4, 0.5) is 0 Å². The molecule has 2 aliphatic rings. The molecule has 2 fully saturated rings. The summed E-state index contributed by atoms with van der Waals surface area (Å²) in [4.78, 5) is 0. The lowest BCUT2D eigenvalue weighted by Gasteiger charge is -2.35. The standard InChI is InChI=1S/C18H27N/c1-14-6-7-16(12-15(14)2)13-18(17-8-9-17)10-4-3-5-11-19-18/h6-7,12,17,19H,3-5,8-11,13H2,1-2H3. The summed E-state index contributed by atoms with van der Waals surface area (Å²) in [5, 5.41) is 3.94. The second kappa shape index (κ2) is 5.28. The smallest absolute Gasteiger partial charge is 0.0249 e. The maximum Gasteiger partial charge on any atom is 0.0249 e. The van der Waals surface area contributed by atoms with E-state index in [-0.39, 0.29) is 0 Å². The number of rotatable bonds is 3. The zero-order valence-electron chi connectivity index (χ0n) is 12.5. The van der Waals surface area contributed by atoms with Crippen molar-refractivity contribution in [1.29, 1.82) is 0 Å². The first-order valence-electron chi connectivity index (χ1n) is 8.01. The van der Waals surface area contributed by atoms with Crippen molar-refractivity contribution in [3.05, 3.63) is 34.9 Å². The fourth-order valence-electron chi connectivity index (χ4n) is 3.73. The van der Waals surface area contributed by atoms with E-state index in [1.54, 1.807) is 0 Å². The van der Waals surface area contributed by atoms with E-state index in [2.05, 4.69) is 37.4 Å². The van der Waals surface area contributed by atoms with E-state index in [1.165, 1.54) is 68.2 Å². The van der Waals surface area contributed by atoms with Gasteiger partial charge in [0.25, 0.3) is 0 Å². The monoisotopic (exact) mass is 257 g/mol. The van der Waals surface area contributed by atoms with Crippen LogP contribution in [0.25, 0.3) is 0 Å². The van der Waals surface area contributed by atoms with Crippen molar-refractivity contribution < 1.29 is 0 Å². The van der Waals surface area contributed by atoms with Gasteiger partial charge in [0.05, 0.1) is 0 Å². The van der Waals surface area contributed by atoms with Gasteiger partial charge in [-0.2, -0.15) is 0 Å². The molecule has 1 aromatic rings. The van der Waals surface area contributed by atoms with Gasteiger partial charge in [-0.1, -0.05) is 31.0 Å². The van der Waals surface area contributed by atoms with Crippen molar-refractivity contribution in [2.45, 2.75) is 64.3 Å². The second-order valence-electron chi connectivity index (χ2n) is 6.76. The summed E-state index contributed by atoms with van der Waals surface area (Å²) in [6.07, 6.45) is 9.68. The summed E-state index contributed by atoms with van der Waals surface area (Å²) >= 11 is 0. The number of benzene rings is 1. The van der Waals surface area contributed by atoms with E-state index in [1.807, 2.05) is 0 Å². The molecule has 0 bridgehead atoms. The lowest BCUT2D eigenvalue weighted by Crippen LogP contribution is -2.48. The molecule has 1 heterocycles. The van der Waals surface area contributed by atoms with Crippen LogP contribution in [0.15, 0.2) is 18.2 Å². The average molecular weight is 257 g/mol. The molecule has 1 aromatic carbocycles. The molecule has 104 valence electrons. The van der Waals surface area contributed by atoms with E-state index < -0.39 is 0 Å². The Hall–Kier alpha value is -0.820. The fourth-order valence-corrected chi connectivity index (χ4v) is 3.73. The quantitative estimate of drug-likeness (QED) is 0.857. The fraction of sp³-hybridized carbons (Fsp3) is 0.667. The molecule has 0 amide bonds. The van der Waals surface area contributed by atoms with Crippen LogP contribution in [0.1, 0.15) is 55.2 Å². The minimum atomic E-state index is 0.415. The molecule has 3 rings (SSSR count). The van der Waals surface area contributed by atoms with E-state index in [0.29, 0.717) is 5.54 Å². The Morgan fingerprint density at radius 1 is 1.11 bits per heavy atom. The van der Waals surface area contributed by atoms with Gasteiger partial charge in [0.15, 0.2) is 0 Å². The van der Waals surface area contributed by atoms with Crippen LogP contribution < -0.4 is 5.32 Å². The summed E-state index contributed by atoms with van der Waals surface area (Å²) in [5.74, 6) is 0.937. The normalized spacial score (nSPS) is 28.1. The van der Waals surface area contributed by atoms with Crippen molar-refractivity contribution in [2.24, 2.45) is 5.92 Å². The molecule has 1 atom stereocenters. The van der Waals surface area contributed by atoms with Crippen molar-refractivity contribution in [1.82, 2.24) is 5.32 Å². The molecule has 19 heavy (non-hydrogen) atoms. The highest BCUT2D eigenvalue weighted by Crippen LogP contribution is 2.45. The Bertz CT molecular complexity index is 437. The van der Waals surface area contributed by atoms with Crippen LogP contribution in [0.5, 0.6) is 0 Å². The van der Waals surface area contributed by atoms with Crippen LogP contribution >= 0.6 is 0 Å². The third kappa shape index (κ3) is 2.86. The molecule has 0 spiro atoms. The average Bonchev–Trinajstić information content (AvgIpc) is 3.21. The Morgan fingerprint density at radius 2 is 1.95 bits per heavy atom. The summed E-state index contributed by atoms with van der Waals surface area (Å²) in [7, 11) is 0. The van der Waals surface area contributed by atoms with Crippen LogP contribution in [0, 0.1) is 19.8 Å². The third-order valence-electron chi connectivity index (χ3n) is 5.23. The molecule has 0 aromatic heterocycles. The van der Waals surface area contributed by atoms with Crippen LogP contribution in [0.3, 0.4) is 0 Å². The van der Waals surface area contributed by atoms with Gasteiger partial charge >= 0.3 is 0 Å². The van der Waals surface area contributed by atoms with Gasteiger partial charge in [0.2, 0.25) is 0 Å². The van der Waals surface area contributed by atoms with E-state index in [4.69, 9.17) is 0 Å². The third-order valence-corrected chi connectivity index (χ3v) is 5.23. The van der Waals surface area contributed by atoms with Gasteiger partial charge in [-0.15, -0.1) is 0 Å². The van der Waals surface area contributed by atoms with Crippen molar-refractivity contribution in [3.63, 3.8) is 0 Å². The summed E-state index contributed by atoms with van der Waals surface area (Å²) in [6.45, 7) is 5.67. The lowest BCUT2D eigenvalue weighted by atomic mass is 9.81. The predicted octanol–water partition coefficient (Wildman–Crippen LogP) is 4.16. The first kappa shape index (κ1) is 13.2. The molecule has 1 aliphatic heterocycles. The van der Waals surface area contributed by atoms with Gasteiger partial charge in [0, 0.05) is 5.54 Å². The SMILES string of the molecule is Cc1ccc(CC2(C3CC3)CCCCCN2)cc1C. The molecular weight excluding hydrogens is 230 g/mol.